The summed E-state index contributed by atoms with van der Waals surface area (Å²) in [5.41, 5.74) is 2.37. The number of halogens is 1. The number of para-hydroxylation sites is 1. The Morgan fingerprint density at radius 3 is 2.46 bits per heavy atom. The molecule has 0 radical (unpaired) electrons. The number of benzene rings is 2. The van der Waals surface area contributed by atoms with Crippen molar-refractivity contribution in [3.05, 3.63) is 64.7 Å². The van der Waals surface area contributed by atoms with E-state index >= 15 is 0 Å². The summed E-state index contributed by atoms with van der Waals surface area (Å²) >= 11 is 6.07. The van der Waals surface area contributed by atoms with E-state index in [9.17, 15) is 9.59 Å². The lowest BCUT2D eigenvalue weighted by atomic mass is 10.0. The van der Waals surface area contributed by atoms with Gasteiger partial charge in [-0.3, -0.25) is 9.59 Å². The molecule has 0 atom stereocenters. The Hall–Kier alpha value is -2.37. The Kier molecular flexibility index (Phi) is 7.06. The van der Waals surface area contributed by atoms with Gasteiger partial charge < -0.3 is 15.5 Å². The van der Waals surface area contributed by atoms with Gasteiger partial charge in [-0.15, -0.1) is 0 Å². The molecule has 1 heterocycles. The van der Waals surface area contributed by atoms with Crippen LogP contribution in [0.3, 0.4) is 0 Å². The molecule has 2 N–H and O–H groups in total. The fourth-order valence-electron chi connectivity index (χ4n) is 3.43. The molecule has 148 valence electrons. The van der Waals surface area contributed by atoms with Crippen LogP contribution in [-0.2, 0) is 4.79 Å². The maximum absolute atomic E-state index is 12.4. The van der Waals surface area contributed by atoms with Crippen molar-refractivity contribution < 1.29 is 9.59 Å². The molecule has 1 aliphatic rings. The van der Waals surface area contributed by atoms with Crippen LogP contribution in [0, 0.1) is 6.92 Å². The van der Waals surface area contributed by atoms with Gasteiger partial charge in [-0.05, 0) is 43.5 Å². The first-order chi connectivity index (χ1) is 13.5. The summed E-state index contributed by atoms with van der Waals surface area (Å²) < 4.78 is 0. The van der Waals surface area contributed by atoms with Crippen molar-refractivity contribution in [1.82, 2.24) is 10.2 Å². The van der Waals surface area contributed by atoms with E-state index in [2.05, 4.69) is 15.5 Å². The third-order valence-corrected chi connectivity index (χ3v) is 5.45. The van der Waals surface area contributed by atoms with E-state index in [0.717, 1.165) is 37.1 Å². The highest BCUT2D eigenvalue weighted by Crippen LogP contribution is 2.20. The van der Waals surface area contributed by atoms with Crippen LogP contribution in [0.15, 0.2) is 48.5 Å². The summed E-state index contributed by atoms with van der Waals surface area (Å²) in [5, 5.41) is 6.54. The average Bonchev–Trinajstić information content (AvgIpc) is 2.69. The Morgan fingerprint density at radius 2 is 1.75 bits per heavy atom. The van der Waals surface area contributed by atoms with Gasteiger partial charge in [0.05, 0.1) is 10.7 Å². The molecule has 0 saturated carbocycles. The molecule has 2 aromatic carbocycles. The van der Waals surface area contributed by atoms with E-state index < -0.39 is 0 Å². The zero-order chi connectivity index (χ0) is 19.9. The lowest BCUT2D eigenvalue weighted by Crippen LogP contribution is -2.45. The molecule has 0 aliphatic carbocycles. The van der Waals surface area contributed by atoms with E-state index in [-0.39, 0.29) is 17.9 Å². The molecule has 6 heteroatoms. The third-order valence-electron chi connectivity index (χ3n) is 5.12. The molecule has 1 aliphatic heterocycles. The molecule has 1 fully saturated rings. The van der Waals surface area contributed by atoms with Gasteiger partial charge in [0, 0.05) is 37.7 Å². The van der Waals surface area contributed by atoms with Crippen LogP contribution < -0.4 is 10.6 Å². The summed E-state index contributed by atoms with van der Waals surface area (Å²) in [6.45, 7) is 4.40. The highest BCUT2D eigenvalue weighted by atomic mass is 35.5. The summed E-state index contributed by atoms with van der Waals surface area (Å²) in [6, 6.07) is 15.0. The van der Waals surface area contributed by atoms with Crippen LogP contribution in [-0.4, -0.2) is 42.4 Å². The van der Waals surface area contributed by atoms with Gasteiger partial charge in [-0.2, -0.15) is 0 Å². The van der Waals surface area contributed by atoms with Crippen LogP contribution >= 0.6 is 11.6 Å². The summed E-state index contributed by atoms with van der Waals surface area (Å²) in [4.78, 5) is 26.9. The number of piperidine rings is 1. The minimum atomic E-state index is -0.0388. The van der Waals surface area contributed by atoms with Crippen molar-refractivity contribution >= 4 is 29.1 Å². The number of nitrogens with zero attached hydrogens (tertiary/aromatic N) is 1. The van der Waals surface area contributed by atoms with Gasteiger partial charge >= 0.3 is 0 Å². The second-order valence-electron chi connectivity index (χ2n) is 7.18. The zero-order valence-electron chi connectivity index (χ0n) is 16.1. The van der Waals surface area contributed by atoms with Crippen LogP contribution in [0.2, 0.25) is 5.02 Å². The molecule has 0 spiro atoms. The van der Waals surface area contributed by atoms with Gasteiger partial charge in [0.2, 0.25) is 5.91 Å². The molecular formula is C22H26ClN3O2. The topological polar surface area (TPSA) is 61.4 Å². The second kappa shape index (κ2) is 9.71. The van der Waals surface area contributed by atoms with Crippen LogP contribution in [0.4, 0.5) is 5.69 Å². The van der Waals surface area contributed by atoms with Crippen molar-refractivity contribution in [2.75, 3.05) is 25.0 Å². The second-order valence-corrected chi connectivity index (χ2v) is 7.59. The third kappa shape index (κ3) is 5.57. The summed E-state index contributed by atoms with van der Waals surface area (Å²) in [5.74, 6) is -0.0428. The number of hydrogen-bond acceptors (Lipinski definition) is 3. The van der Waals surface area contributed by atoms with Crippen LogP contribution in [0.1, 0.15) is 35.2 Å². The first-order valence-electron chi connectivity index (χ1n) is 9.66. The molecule has 2 amide bonds. The Morgan fingerprint density at radius 1 is 1.07 bits per heavy atom. The Labute approximate surface area is 171 Å². The predicted octanol–water partition coefficient (Wildman–Crippen LogP) is 3.87. The standard InChI is InChI=1S/C22H26ClN3O2/c1-16-6-2-3-7-18(16)22(28)24-17-10-13-26(14-11-17)15-12-21(27)25-20-9-5-4-8-19(20)23/h2-9,17H,10-15H2,1H3,(H,24,28)(H,25,27). The minimum absolute atomic E-state index is 0.00401. The summed E-state index contributed by atoms with van der Waals surface area (Å²) in [7, 11) is 0. The van der Waals surface area contributed by atoms with Crippen LogP contribution in [0.5, 0.6) is 0 Å². The summed E-state index contributed by atoms with van der Waals surface area (Å²) in [6.07, 6.45) is 2.21. The molecule has 2 aromatic rings. The largest absolute Gasteiger partial charge is 0.349 e. The number of anilines is 1. The zero-order valence-corrected chi connectivity index (χ0v) is 16.8. The van der Waals surface area contributed by atoms with Crippen molar-refractivity contribution in [3.63, 3.8) is 0 Å². The average molecular weight is 400 g/mol. The van der Waals surface area contributed by atoms with Gasteiger partial charge in [0.25, 0.3) is 5.91 Å². The lowest BCUT2D eigenvalue weighted by molar-refractivity contribution is -0.116. The molecule has 0 unspecified atom stereocenters. The first kappa shape index (κ1) is 20.4. The van der Waals surface area contributed by atoms with E-state index in [0.29, 0.717) is 23.7 Å². The van der Waals surface area contributed by atoms with Gasteiger partial charge in [-0.25, -0.2) is 0 Å². The molecule has 28 heavy (non-hydrogen) atoms. The number of rotatable bonds is 6. The normalized spacial score (nSPS) is 15.2. The van der Waals surface area contributed by atoms with E-state index in [1.54, 1.807) is 12.1 Å². The van der Waals surface area contributed by atoms with Crippen molar-refractivity contribution in [1.29, 1.82) is 0 Å². The number of likely N-dealkylation sites (tertiary alicyclic amines) is 1. The first-order valence-corrected chi connectivity index (χ1v) is 10.0. The fourth-order valence-corrected chi connectivity index (χ4v) is 3.61. The van der Waals surface area contributed by atoms with Crippen molar-refractivity contribution in [2.24, 2.45) is 0 Å². The van der Waals surface area contributed by atoms with E-state index in [1.807, 2.05) is 43.3 Å². The quantitative estimate of drug-likeness (QED) is 0.775. The molecule has 5 nitrogen and oxygen atoms in total. The van der Waals surface area contributed by atoms with Crippen molar-refractivity contribution in [2.45, 2.75) is 32.2 Å². The van der Waals surface area contributed by atoms with Crippen LogP contribution in [0.25, 0.3) is 0 Å². The molecule has 0 aromatic heterocycles. The Balaban J connectivity index is 1.39. The van der Waals surface area contributed by atoms with E-state index in [4.69, 9.17) is 11.6 Å². The maximum atomic E-state index is 12.4. The number of aryl methyl sites for hydroxylation is 1. The highest BCUT2D eigenvalue weighted by Gasteiger charge is 2.22. The van der Waals surface area contributed by atoms with Crippen molar-refractivity contribution in [3.8, 4) is 0 Å². The van der Waals surface area contributed by atoms with Gasteiger partial charge in [-0.1, -0.05) is 41.9 Å². The maximum Gasteiger partial charge on any atom is 0.251 e. The number of carbonyl (C=O) groups excluding carboxylic acids is 2. The molecule has 0 bridgehead atoms. The molecule has 1 saturated heterocycles. The smallest absolute Gasteiger partial charge is 0.251 e. The van der Waals surface area contributed by atoms with Gasteiger partial charge in [0.15, 0.2) is 0 Å². The number of amides is 2. The predicted molar refractivity (Wildman–Crippen MR) is 113 cm³/mol. The SMILES string of the molecule is Cc1ccccc1C(=O)NC1CCN(CCC(=O)Nc2ccccc2Cl)CC1. The van der Waals surface area contributed by atoms with Gasteiger partial charge in [0.1, 0.15) is 0 Å². The number of hydrogen-bond donors (Lipinski definition) is 2. The molecular weight excluding hydrogens is 374 g/mol. The van der Waals surface area contributed by atoms with E-state index in [1.165, 1.54) is 0 Å². The monoisotopic (exact) mass is 399 g/mol. The highest BCUT2D eigenvalue weighted by molar-refractivity contribution is 6.33. The Bertz CT molecular complexity index is 832. The number of nitrogens with one attached hydrogen (secondary N) is 2. The lowest BCUT2D eigenvalue weighted by Gasteiger charge is -2.32. The number of carbonyl (C=O) groups is 2. The minimum Gasteiger partial charge on any atom is -0.349 e. The molecule has 3 rings (SSSR count). The fraction of sp³-hybridized carbons (Fsp3) is 0.364.